The van der Waals surface area contributed by atoms with Crippen LogP contribution >= 0.6 is 11.8 Å². The summed E-state index contributed by atoms with van der Waals surface area (Å²) in [6, 6.07) is 0. The molecule has 0 saturated carbocycles. The largest absolute Gasteiger partial charge is 0.480 e. The monoisotopic (exact) mass is 192 g/mol. The van der Waals surface area contributed by atoms with Gasteiger partial charge in [0.25, 0.3) is 0 Å². The van der Waals surface area contributed by atoms with Gasteiger partial charge in [0.2, 0.25) is 0 Å². The van der Waals surface area contributed by atoms with E-state index in [1.54, 1.807) is 0 Å². The van der Waals surface area contributed by atoms with Crippen molar-refractivity contribution in [3.63, 3.8) is 0 Å². The summed E-state index contributed by atoms with van der Waals surface area (Å²) in [5, 5.41) is 17.5. The van der Waals surface area contributed by atoms with Crippen LogP contribution in [0.15, 0.2) is 0 Å². The molecule has 0 amide bonds. The third kappa shape index (κ3) is 2.68. The van der Waals surface area contributed by atoms with Crippen molar-refractivity contribution in [2.75, 3.05) is 12.4 Å². The van der Waals surface area contributed by atoms with Crippen LogP contribution < -0.4 is 0 Å². The molecule has 0 bridgehead atoms. The molecule has 0 heterocycles. The van der Waals surface area contributed by atoms with Gasteiger partial charge in [0.05, 0.1) is 6.61 Å². The highest BCUT2D eigenvalue weighted by Crippen LogP contribution is 2.32. The molecule has 0 aliphatic heterocycles. The summed E-state index contributed by atoms with van der Waals surface area (Å²) in [4.78, 5) is 10.9. The van der Waals surface area contributed by atoms with Crippen molar-refractivity contribution >= 4 is 17.7 Å². The number of thioether (sulfide) groups is 1. The first-order valence-corrected chi connectivity index (χ1v) is 5.09. The van der Waals surface area contributed by atoms with E-state index in [-0.39, 0.29) is 6.61 Å². The number of aliphatic hydroxyl groups excluding tert-OH is 1. The number of aliphatic hydroxyl groups is 1. The summed E-state index contributed by atoms with van der Waals surface area (Å²) >= 11 is 1.33. The number of hydrogen-bond donors (Lipinski definition) is 2. The Morgan fingerprint density at radius 1 is 1.42 bits per heavy atom. The fraction of sp³-hybridized carbons (Fsp3) is 0.875. The van der Waals surface area contributed by atoms with Gasteiger partial charge in [-0.1, -0.05) is 13.8 Å². The number of carbonyl (C=O) groups is 1. The smallest absolute Gasteiger partial charge is 0.319 e. The summed E-state index contributed by atoms with van der Waals surface area (Å²) in [5.41, 5.74) is 0. The van der Waals surface area contributed by atoms with Crippen molar-refractivity contribution in [2.45, 2.75) is 31.4 Å². The van der Waals surface area contributed by atoms with Crippen molar-refractivity contribution in [2.24, 2.45) is 0 Å². The van der Waals surface area contributed by atoms with Gasteiger partial charge in [-0.15, -0.1) is 11.8 Å². The van der Waals surface area contributed by atoms with Crippen LogP contribution in [0.4, 0.5) is 0 Å². The molecule has 0 aromatic rings. The molecule has 0 aromatic carbocycles. The van der Waals surface area contributed by atoms with Gasteiger partial charge in [0.15, 0.2) is 0 Å². The van der Waals surface area contributed by atoms with Crippen molar-refractivity contribution in [1.29, 1.82) is 0 Å². The van der Waals surface area contributed by atoms with Crippen LogP contribution in [0.3, 0.4) is 0 Å². The Morgan fingerprint density at radius 3 is 2.17 bits per heavy atom. The minimum Gasteiger partial charge on any atom is -0.480 e. The molecule has 72 valence electrons. The molecule has 0 aliphatic rings. The van der Waals surface area contributed by atoms with Crippen LogP contribution in [0, 0.1) is 0 Å². The molecule has 0 aliphatic carbocycles. The van der Waals surface area contributed by atoms with E-state index >= 15 is 0 Å². The molecule has 0 saturated heterocycles. The fourth-order valence-corrected chi connectivity index (χ4v) is 2.07. The molecule has 3 nitrogen and oxygen atoms in total. The van der Waals surface area contributed by atoms with Crippen molar-refractivity contribution in [3.05, 3.63) is 0 Å². The molecule has 0 unspecified atom stereocenters. The average Bonchev–Trinajstić information content (AvgIpc) is 2.07. The number of rotatable bonds is 6. The summed E-state index contributed by atoms with van der Waals surface area (Å²) in [5.74, 6) is -0.278. The van der Waals surface area contributed by atoms with Gasteiger partial charge in [0, 0.05) is 5.75 Å². The van der Waals surface area contributed by atoms with Crippen molar-refractivity contribution in [3.8, 4) is 0 Å². The molecule has 0 atom stereocenters. The van der Waals surface area contributed by atoms with E-state index in [9.17, 15) is 4.79 Å². The van der Waals surface area contributed by atoms with Gasteiger partial charge in [-0.3, -0.25) is 4.79 Å². The zero-order valence-corrected chi connectivity index (χ0v) is 8.36. The van der Waals surface area contributed by atoms with E-state index in [1.165, 1.54) is 11.8 Å². The van der Waals surface area contributed by atoms with Gasteiger partial charge in [-0.2, -0.15) is 0 Å². The Kier molecular flexibility index (Phi) is 5.33. The zero-order valence-electron chi connectivity index (χ0n) is 7.54. The first-order chi connectivity index (χ1) is 5.63. The van der Waals surface area contributed by atoms with Gasteiger partial charge < -0.3 is 10.2 Å². The molecular formula is C8H16O3S. The molecular weight excluding hydrogens is 176 g/mol. The zero-order chi connectivity index (χ0) is 9.61. The molecule has 0 radical (unpaired) electrons. The maximum absolute atomic E-state index is 10.9. The molecule has 0 rings (SSSR count). The van der Waals surface area contributed by atoms with Gasteiger partial charge in [-0.25, -0.2) is 0 Å². The Morgan fingerprint density at radius 2 is 1.92 bits per heavy atom. The highest BCUT2D eigenvalue weighted by Gasteiger charge is 2.34. The minimum atomic E-state index is -0.772. The maximum Gasteiger partial charge on any atom is 0.319 e. The van der Waals surface area contributed by atoms with Crippen LogP contribution in [0.1, 0.15) is 26.7 Å². The van der Waals surface area contributed by atoms with E-state index in [4.69, 9.17) is 10.2 Å². The molecule has 0 aromatic heterocycles. The Bertz CT molecular complexity index is 143. The SMILES string of the molecule is CCC(CC)(SCCO)C(=O)O. The highest BCUT2D eigenvalue weighted by atomic mass is 32.2. The summed E-state index contributed by atoms with van der Waals surface area (Å²) in [7, 11) is 0. The Balaban J connectivity index is 4.25. The van der Waals surface area contributed by atoms with E-state index in [1.807, 2.05) is 13.8 Å². The second kappa shape index (κ2) is 5.43. The van der Waals surface area contributed by atoms with Crippen molar-refractivity contribution < 1.29 is 15.0 Å². The number of carboxylic acids is 1. The Labute approximate surface area is 77.2 Å². The fourth-order valence-electron chi connectivity index (χ4n) is 1.06. The normalized spacial score (nSPS) is 11.6. The number of hydrogen-bond acceptors (Lipinski definition) is 3. The standard InChI is InChI=1S/C8H16O3S/c1-3-8(4-2,7(10)11)12-6-5-9/h9H,3-6H2,1-2H3,(H,10,11). The van der Waals surface area contributed by atoms with Crippen molar-refractivity contribution in [1.82, 2.24) is 0 Å². The molecule has 0 spiro atoms. The summed E-state index contributed by atoms with van der Waals surface area (Å²) < 4.78 is -0.692. The second-order valence-corrected chi connectivity index (χ2v) is 4.06. The highest BCUT2D eigenvalue weighted by molar-refractivity contribution is 8.01. The van der Waals surface area contributed by atoms with Gasteiger partial charge >= 0.3 is 5.97 Å². The summed E-state index contributed by atoms with van der Waals surface area (Å²) in [6.45, 7) is 3.77. The molecule has 4 heteroatoms. The first kappa shape index (κ1) is 11.8. The lowest BCUT2D eigenvalue weighted by molar-refractivity contribution is -0.140. The third-order valence-corrected chi connectivity index (χ3v) is 3.69. The first-order valence-electron chi connectivity index (χ1n) is 4.11. The topological polar surface area (TPSA) is 57.5 Å². The van der Waals surface area contributed by atoms with Crippen LogP contribution in [0.5, 0.6) is 0 Å². The summed E-state index contributed by atoms with van der Waals surface area (Å²) in [6.07, 6.45) is 1.20. The molecule has 0 fully saturated rings. The van der Waals surface area contributed by atoms with E-state index in [0.717, 1.165) is 0 Å². The minimum absolute atomic E-state index is 0.0414. The van der Waals surface area contributed by atoms with Crippen LogP contribution in [0.25, 0.3) is 0 Å². The molecule has 2 N–H and O–H groups in total. The number of carboxylic acid groups (broad SMARTS) is 1. The van der Waals surface area contributed by atoms with Crippen LogP contribution in [-0.4, -0.2) is 33.3 Å². The average molecular weight is 192 g/mol. The lowest BCUT2D eigenvalue weighted by atomic mass is 10.0. The van der Waals surface area contributed by atoms with Crippen LogP contribution in [0.2, 0.25) is 0 Å². The molecule has 12 heavy (non-hydrogen) atoms. The van der Waals surface area contributed by atoms with Gasteiger partial charge in [0.1, 0.15) is 4.75 Å². The third-order valence-electron chi connectivity index (χ3n) is 2.00. The lowest BCUT2D eigenvalue weighted by Gasteiger charge is -2.25. The second-order valence-electron chi connectivity index (χ2n) is 2.58. The van der Waals surface area contributed by atoms with E-state index < -0.39 is 10.7 Å². The van der Waals surface area contributed by atoms with E-state index in [2.05, 4.69) is 0 Å². The maximum atomic E-state index is 10.9. The predicted octanol–water partition coefficient (Wildman–Crippen LogP) is 1.36. The van der Waals surface area contributed by atoms with Crippen LogP contribution in [-0.2, 0) is 4.79 Å². The quantitative estimate of drug-likeness (QED) is 0.667. The lowest BCUT2D eigenvalue weighted by Crippen LogP contribution is -2.34. The number of aliphatic carboxylic acids is 1. The Hall–Kier alpha value is -0.220. The van der Waals surface area contributed by atoms with E-state index in [0.29, 0.717) is 18.6 Å². The van der Waals surface area contributed by atoms with Gasteiger partial charge in [-0.05, 0) is 12.8 Å². The predicted molar refractivity (Wildman–Crippen MR) is 50.5 cm³/mol.